The third-order valence-electron chi connectivity index (χ3n) is 6.69. The summed E-state index contributed by atoms with van der Waals surface area (Å²) < 4.78 is 6.97. The van der Waals surface area contributed by atoms with Gasteiger partial charge in [0, 0.05) is 19.5 Å². The van der Waals surface area contributed by atoms with E-state index in [2.05, 4.69) is 40.0 Å². The van der Waals surface area contributed by atoms with Crippen molar-refractivity contribution in [1.82, 2.24) is 20.4 Å². The maximum absolute atomic E-state index is 12.4. The zero-order chi connectivity index (χ0) is 24.5. The van der Waals surface area contributed by atoms with Crippen molar-refractivity contribution >= 4 is 18.0 Å². The molecule has 35 heavy (non-hydrogen) atoms. The molecule has 0 aliphatic heterocycles. The van der Waals surface area contributed by atoms with Crippen molar-refractivity contribution in [1.29, 1.82) is 0 Å². The molecule has 0 unspecified atom stereocenters. The van der Waals surface area contributed by atoms with Gasteiger partial charge in [0.25, 0.3) is 5.91 Å². The minimum atomic E-state index is -0.827. The molecule has 2 aromatic carbocycles. The van der Waals surface area contributed by atoms with Gasteiger partial charge in [-0.25, -0.2) is 4.79 Å². The van der Waals surface area contributed by atoms with Crippen LogP contribution in [-0.4, -0.2) is 46.0 Å². The second kappa shape index (κ2) is 9.25. The fraction of sp³-hybridized carbons (Fsp3) is 0.308. The molecule has 2 aliphatic rings. The van der Waals surface area contributed by atoms with E-state index in [1.807, 2.05) is 24.3 Å². The molecule has 2 aliphatic carbocycles. The van der Waals surface area contributed by atoms with Crippen molar-refractivity contribution < 1.29 is 24.2 Å². The van der Waals surface area contributed by atoms with Crippen LogP contribution in [0.2, 0.25) is 0 Å². The fourth-order valence-corrected chi connectivity index (χ4v) is 4.73. The monoisotopic (exact) mass is 474 g/mol. The summed E-state index contributed by atoms with van der Waals surface area (Å²) in [6.45, 7) is 0.643. The number of rotatable bonds is 8. The second-order valence-electron chi connectivity index (χ2n) is 8.97. The first-order valence-corrected chi connectivity index (χ1v) is 11.5. The summed E-state index contributed by atoms with van der Waals surface area (Å²) in [6, 6.07) is 17.9. The SMILES string of the molecule is Cn1nc(CNC(=O)OCC2c3ccccc3-c3ccccc32)cc1C(=O)NC[C@H]1C[C@H]1C(=O)O. The number of carboxylic acid groups (broad SMARTS) is 1. The molecule has 3 N–H and O–H groups in total. The van der Waals surface area contributed by atoms with Crippen molar-refractivity contribution in [2.24, 2.45) is 18.9 Å². The molecule has 3 aromatic rings. The number of hydrogen-bond donors (Lipinski definition) is 3. The molecule has 9 nitrogen and oxygen atoms in total. The van der Waals surface area contributed by atoms with Crippen LogP contribution in [0.5, 0.6) is 0 Å². The van der Waals surface area contributed by atoms with Crippen molar-refractivity contribution in [3.05, 3.63) is 77.1 Å². The van der Waals surface area contributed by atoms with Gasteiger partial charge in [-0.2, -0.15) is 5.10 Å². The summed E-state index contributed by atoms with van der Waals surface area (Å²) in [6.07, 6.45) is 0.0213. The minimum Gasteiger partial charge on any atom is -0.481 e. The smallest absolute Gasteiger partial charge is 0.407 e. The van der Waals surface area contributed by atoms with Crippen molar-refractivity contribution in [2.75, 3.05) is 13.2 Å². The first kappa shape index (κ1) is 22.6. The van der Waals surface area contributed by atoms with Crippen LogP contribution in [0.1, 0.15) is 39.6 Å². The number of aryl methyl sites for hydroxylation is 1. The minimum absolute atomic E-state index is 0.0227. The Balaban J connectivity index is 1.13. The molecule has 0 saturated heterocycles. The van der Waals surface area contributed by atoms with Crippen LogP contribution >= 0.6 is 0 Å². The first-order chi connectivity index (χ1) is 16.9. The lowest BCUT2D eigenvalue weighted by atomic mass is 9.98. The van der Waals surface area contributed by atoms with Gasteiger partial charge in [-0.1, -0.05) is 48.5 Å². The zero-order valence-electron chi connectivity index (χ0n) is 19.2. The lowest BCUT2D eigenvalue weighted by Crippen LogP contribution is -2.28. The maximum atomic E-state index is 12.4. The van der Waals surface area contributed by atoms with Crippen LogP contribution in [0.25, 0.3) is 11.1 Å². The molecule has 2 atom stereocenters. The Morgan fingerprint density at radius 1 is 1.06 bits per heavy atom. The highest BCUT2D eigenvalue weighted by Crippen LogP contribution is 2.44. The van der Waals surface area contributed by atoms with Gasteiger partial charge in [0.15, 0.2) is 0 Å². The Labute approximate surface area is 202 Å². The predicted molar refractivity (Wildman–Crippen MR) is 127 cm³/mol. The quantitative estimate of drug-likeness (QED) is 0.461. The molecule has 180 valence electrons. The van der Waals surface area contributed by atoms with Gasteiger partial charge in [-0.3, -0.25) is 14.3 Å². The van der Waals surface area contributed by atoms with Crippen LogP contribution in [0, 0.1) is 11.8 Å². The van der Waals surface area contributed by atoms with Gasteiger partial charge in [0.2, 0.25) is 0 Å². The molecule has 1 fully saturated rings. The molecule has 5 rings (SSSR count). The molecule has 1 aromatic heterocycles. The van der Waals surface area contributed by atoms with Gasteiger partial charge in [-0.15, -0.1) is 0 Å². The summed E-state index contributed by atoms with van der Waals surface area (Å²) in [7, 11) is 1.64. The number of alkyl carbamates (subject to hydrolysis) is 1. The third kappa shape index (κ3) is 4.62. The number of carboxylic acids is 1. The number of nitrogens with zero attached hydrogens (tertiary/aromatic N) is 2. The number of nitrogens with one attached hydrogen (secondary N) is 2. The maximum Gasteiger partial charge on any atom is 0.407 e. The number of carbonyl (C=O) groups is 3. The number of fused-ring (bicyclic) bond motifs is 3. The van der Waals surface area contributed by atoms with E-state index < -0.39 is 12.1 Å². The van der Waals surface area contributed by atoms with Crippen LogP contribution < -0.4 is 10.6 Å². The average Bonchev–Trinajstić information content (AvgIpc) is 3.45. The Hall–Kier alpha value is -4.14. The normalized spacial score (nSPS) is 17.9. The number of amides is 2. The van der Waals surface area contributed by atoms with Gasteiger partial charge >= 0.3 is 12.1 Å². The van der Waals surface area contributed by atoms with E-state index in [0.717, 1.165) is 22.3 Å². The van der Waals surface area contributed by atoms with E-state index in [4.69, 9.17) is 9.84 Å². The molecule has 1 saturated carbocycles. The van der Waals surface area contributed by atoms with Gasteiger partial charge in [0.1, 0.15) is 12.3 Å². The fourth-order valence-electron chi connectivity index (χ4n) is 4.73. The van der Waals surface area contributed by atoms with Crippen LogP contribution in [0.3, 0.4) is 0 Å². The number of aromatic nitrogens is 2. The summed E-state index contributed by atoms with van der Waals surface area (Å²) in [5.41, 5.74) is 5.46. The van der Waals surface area contributed by atoms with Crippen LogP contribution in [-0.2, 0) is 23.1 Å². The number of hydrogen-bond acceptors (Lipinski definition) is 5. The number of carbonyl (C=O) groups excluding carboxylic acids is 2. The Bertz CT molecular complexity index is 1250. The molecule has 9 heteroatoms. The molecule has 2 amide bonds. The van der Waals surface area contributed by atoms with Crippen molar-refractivity contribution in [2.45, 2.75) is 18.9 Å². The lowest BCUT2D eigenvalue weighted by Gasteiger charge is -2.14. The van der Waals surface area contributed by atoms with Gasteiger partial charge in [0.05, 0.1) is 18.2 Å². The van der Waals surface area contributed by atoms with E-state index in [1.54, 1.807) is 13.1 Å². The van der Waals surface area contributed by atoms with Crippen LogP contribution in [0.15, 0.2) is 54.6 Å². The summed E-state index contributed by atoms with van der Waals surface area (Å²) in [4.78, 5) is 35.8. The van der Waals surface area contributed by atoms with Crippen molar-refractivity contribution in [3.8, 4) is 11.1 Å². The summed E-state index contributed by atoms with van der Waals surface area (Å²) in [5.74, 6) is -1.58. The number of aliphatic carboxylic acids is 1. The zero-order valence-corrected chi connectivity index (χ0v) is 19.2. The van der Waals surface area contributed by atoms with Gasteiger partial charge in [-0.05, 0) is 40.7 Å². The van der Waals surface area contributed by atoms with E-state index in [-0.39, 0.29) is 36.8 Å². The van der Waals surface area contributed by atoms with E-state index in [0.29, 0.717) is 24.4 Å². The largest absolute Gasteiger partial charge is 0.481 e. The molecule has 0 bridgehead atoms. The second-order valence-corrected chi connectivity index (χ2v) is 8.97. The topological polar surface area (TPSA) is 123 Å². The highest BCUT2D eigenvalue weighted by molar-refractivity contribution is 5.92. The average molecular weight is 475 g/mol. The summed E-state index contributed by atoms with van der Waals surface area (Å²) in [5, 5.41) is 18.7. The Morgan fingerprint density at radius 2 is 1.71 bits per heavy atom. The van der Waals surface area contributed by atoms with E-state index in [1.165, 1.54) is 4.68 Å². The Morgan fingerprint density at radius 3 is 2.34 bits per heavy atom. The third-order valence-corrected chi connectivity index (χ3v) is 6.69. The van der Waals surface area contributed by atoms with Gasteiger partial charge < -0.3 is 20.5 Å². The molecular formula is C26H26N4O5. The molecule has 0 spiro atoms. The highest BCUT2D eigenvalue weighted by Gasteiger charge is 2.43. The van der Waals surface area contributed by atoms with Crippen LogP contribution in [0.4, 0.5) is 4.79 Å². The van der Waals surface area contributed by atoms with Crippen molar-refractivity contribution in [3.63, 3.8) is 0 Å². The lowest BCUT2D eigenvalue weighted by molar-refractivity contribution is -0.138. The summed E-state index contributed by atoms with van der Waals surface area (Å²) >= 11 is 0. The van der Waals surface area contributed by atoms with E-state index >= 15 is 0 Å². The molecular weight excluding hydrogens is 448 g/mol. The predicted octanol–water partition coefficient (Wildman–Crippen LogP) is 2.91. The van der Waals surface area contributed by atoms with E-state index in [9.17, 15) is 14.4 Å². The molecule has 1 heterocycles. The number of ether oxygens (including phenoxy) is 1. The molecule has 0 radical (unpaired) electrons. The standard InChI is InChI=1S/C26H26N4O5/c1-30-23(24(31)27-12-15-10-21(15)25(32)33)11-16(29-30)13-28-26(34)35-14-22-19-8-4-2-6-17(19)18-7-3-5-9-20(18)22/h2-9,11,15,21-22H,10,12-14H2,1H3,(H,27,31)(H,28,34)(H,32,33)/t15-,21-/m1/s1. The highest BCUT2D eigenvalue weighted by atomic mass is 16.5. The first-order valence-electron chi connectivity index (χ1n) is 11.5. The Kier molecular flexibility index (Phi) is 5.98. The number of benzene rings is 2.